The van der Waals surface area contributed by atoms with E-state index in [1.807, 2.05) is 12.1 Å². The lowest BCUT2D eigenvalue weighted by molar-refractivity contribution is -0.402. The van der Waals surface area contributed by atoms with Crippen LogP contribution in [0.4, 0.5) is 11.6 Å². The summed E-state index contributed by atoms with van der Waals surface area (Å²) in [6.45, 7) is 2.42. The molecule has 0 unspecified atom stereocenters. The van der Waals surface area contributed by atoms with E-state index in [1.165, 1.54) is 36.2 Å². The predicted molar refractivity (Wildman–Crippen MR) is 118 cm³/mol. The highest BCUT2D eigenvalue weighted by molar-refractivity contribution is 5.91. The van der Waals surface area contributed by atoms with E-state index in [2.05, 4.69) is 52.7 Å². The first-order valence-electron chi connectivity index (χ1n) is 10.5. The second-order valence-electron chi connectivity index (χ2n) is 7.86. The summed E-state index contributed by atoms with van der Waals surface area (Å²) < 4.78 is 4.92. The van der Waals surface area contributed by atoms with Crippen LogP contribution in [0.5, 0.6) is 0 Å². The van der Waals surface area contributed by atoms with Gasteiger partial charge in [-0.3, -0.25) is 14.9 Å². The summed E-state index contributed by atoms with van der Waals surface area (Å²) in [6.07, 6.45) is 3.51. The van der Waals surface area contributed by atoms with Crippen LogP contribution in [0.15, 0.2) is 71.1 Å². The molecule has 0 radical (unpaired) electrons. The van der Waals surface area contributed by atoms with Crippen molar-refractivity contribution in [3.8, 4) is 0 Å². The molecule has 2 heterocycles. The maximum absolute atomic E-state index is 12.1. The minimum Gasteiger partial charge on any atom is -0.395 e. The van der Waals surface area contributed by atoms with E-state index in [0.29, 0.717) is 6.54 Å². The van der Waals surface area contributed by atoms with Crippen LogP contribution in [0.25, 0.3) is 0 Å². The lowest BCUT2D eigenvalue weighted by atomic mass is 9.90. The van der Waals surface area contributed by atoms with E-state index in [-0.39, 0.29) is 5.76 Å². The van der Waals surface area contributed by atoms with Crippen molar-refractivity contribution >= 4 is 17.5 Å². The Hall–Kier alpha value is -3.61. The zero-order valence-corrected chi connectivity index (χ0v) is 17.2. The van der Waals surface area contributed by atoms with Gasteiger partial charge in [-0.2, -0.15) is 0 Å². The van der Waals surface area contributed by atoms with Gasteiger partial charge in [0.2, 0.25) is 0 Å². The van der Waals surface area contributed by atoms with Crippen molar-refractivity contribution in [3.63, 3.8) is 0 Å². The Morgan fingerprint density at radius 3 is 2.35 bits per heavy atom. The number of hydrogen-bond donors (Lipinski definition) is 1. The van der Waals surface area contributed by atoms with Crippen LogP contribution >= 0.6 is 0 Å². The second kappa shape index (κ2) is 9.47. The van der Waals surface area contributed by atoms with Crippen molar-refractivity contribution < 1.29 is 14.1 Å². The number of nitro groups is 1. The quantitative estimate of drug-likeness (QED) is 0.447. The number of piperidine rings is 1. The van der Waals surface area contributed by atoms with E-state index in [4.69, 9.17) is 4.42 Å². The molecule has 0 spiro atoms. The highest BCUT2D eigenvalue weighted by atomic mass is 16.6. The first-order valence-corrected chi connectivity index (χ1v) is 10.5. The highest BCUT2D eigenvalue weighted by Gasteiger charge is 2.20. The van der Waals surface area contributed by atoms with Crippen LogP contribution < -0.4 is 10.2 Å². The van der Waals surface area contributed by atoms with Gasteiger partial charge < -0.3 is 14.6 Å². The number of furan rings is 1. The molecule has 0 bridgehead atoms. The molecule has 1 saturated heterocycles. The number of anilines is 1. The molecule has 1 N–H and O–H groups in total. The molecular weight excluding hydrogens is 394 g/mol. The van der Waals surface area contributed by atoms with Gasteiger partial charge in [-0.05, 0) is 54.5 Å². The Morgan fingerprint density at radius 2 is 1.71 bits per heavy atom. The van der Waals surface area contributed by atoms with Gasteiger partial charge in [0.25, 0.3) is 5.91 Å². The zero-order valence-electron chi connectivity index (χ0n) is 17.2. The molecule has 2 aromatic carbocycles. The molecule has 0 saturated carbocycles. The number of benzene rings is 2. The van der Waals surface area contributed by atoms with Gasteiger partial charge in [0.15, 0.2) is 5.76 Å². The number of carbonyl (C=O) groups excluding carboxylic acids is 1. The average molecular weight is 419 g/mol. The molecule has 4 rings (SSSR count). The summed E-state index contributed by atoms with van der Waals surface area (Å²) in [5.41, 5.74) is 3.56. The fraction of sp³-hybridized carbons (Fsp3) is 0.292. The van der Waals surface area contributed by atoms with E-state index in [1.54, 1.807) is 0 Å². The van der Waals surface area contributed by atoms with Gasteiger partial charge in [0.05, 0.1) is 6.07 Å². The van der Waals surface area contributed by atoms with Gasteiger partial charge in [-0.15, -0.1) is 0 Å². The molecule has 1 aliphatic rings. The molecule has 1 aromatic heterocycles. The lowest BCUT2D eigenvalue weighted by Crippen LogP contribution is -2.34. The summed E-state index contributed by atoms with van der Waals surface area (Å²) in [5, 5.41) is 13.4. The fourth-order valence-corrected chi connectivity index (χ4v) is 3.98. The van der Waals surface area contributed by atoms with Crippen LogP contribution in [0.1, 0.15) is 34.5 Å². The summed E-state index contributed by atoms with van der Waals surface area (Å²) in [7, 11) is 0. The second-order valence-corrected chi connectivity index (χ2v) is 7.86. The SMILES string of the molecule is O=C(NCc1ccc(N2CCC(Cc3ccccc3)CC2)cc1)c1ccc([N+](=O)[O-])o1. The van der Waals surface area contributed by atoms with Gasteiger partial charge in [0.1, 0.15) is 4.92 Å². The number of hydrogen-bond acceptors (Lipinski definition) is 5. The highest BCUT2D eigenvalue weighted by Crippen LogP contribution is 2.26. The topological polar surface area (TPSA) is 88.6 Å². The molecule has 7 nitrogen and oxygen atoms in total. The average Bonchev–Trinajstić information content (AvgIpc) is 3.30. The molecule has 1 amide bonds. The van der Waals surface area contributed by atoms with Crippen molar-refractivity contribution in [1.29, 1.82) is 0 Å². The van der Waals surface area contributed by atoms with E-state index >= 15 is 0 Å². The van der Waals surface area contributed by atoms with Crippen LogP contribution in [-0.2, 0) is 13.0 Å². The molecule has 1 aliphatic heterocycles. The zero-order chi connectivity index (χ0) is 21.6. The third-order valence-corrected chi connectivity index (χ3v) is 5.73. The van der Waals surface area contributed by atoms with Crippen molar-refractivity contribution in [1.82, 2.24) is 5.32 Å². The van der Waals surface area contributed by atoms with Crippen LogP contribution in [0.3, 0.4) is 0 Å². The first kappa shape index (κ1) is 20.7. The number of nitrogens with zero attached hydrogens (tertiary/aromatic N) is 2. The van der Waals surface area contributed by atoms with E-state index in [9.17, 15) is 14.9 Å². The number of amides is 1. The first-order chi connectivity index (χ1) is 15.1. The Bertz CT molecular complexity index is 1020. The molecular formula is C24H25N3O4. The molecule has 31 heavy (non-hydrogen) atoms. The number of nitrogens with one attached hydrogen (secondary N) is 1. The van der Waals surface area contributed by atoms with Crippen molar-refractivity contribution in [3.05, 3.63) is 93.7 Å². The number of rotatable bonds is 7. The van der Waals surface area contributed by atoms with Crippen LogP contribution in [0, 0.1) is 16.0 Å². The lowest BCUT2D eigenvalue weighted by Gasteiger charge is -2.33. The molecule has 1 fully saturated rings. The summed E-state index contributed by atoms with van der Waals surface area (Å²) >= 11 is 0. The molecule has 0 aliphatic carbocycles. The normalized spacial score (nSPS) is 14.4. The molecule has 7 heteroatoms. The van der Waals surface area contributed by atoms with Crippen molar-refractivity contribution in [2.45, 2.75) is 25.8 Å². The Labute approximate surface area is 180 Å². The third kappa shape index (κ3) is 5.31. The molecule has 0 atom stereocenters. The molecule has 3 aromatic rings. The Balaban J connectivity index is 1.25. The third-order valence-electron chi connectivity index (χ3n) is 5.73. The van der Waals surface area contributed by atoms with Gasteiger partial charge in [-0.1, -0.05) is 42.5 Å². The molecule has 160 valence electrons. The van der Waals surface area contributed by atoms with Gasteiger partial charge in [0, 0.05) is 25.3 Å². The minimum atomic E-state index is -0.667. The summed E-state index contributed by atoms with van der Waals surface area (Å²) in [5.74, 6) is -0.257. The van der Waals surface area contributed by atoms with E-state index in [0.717, 1.165) is 31.0 Å². The largest absolute Gasteiger partial charge is 0.433 e. The maximum Gasteiger partial charge on any atom is 0.433 e. The van der Waals surface area contributed by atoms with Gasteiger partial charge >= 0.3 is 5.88 Å². The monoisotopic (exact) mass is 419 g/mol. The van der Waals surface area contributed by atoms with Crippen molar-refractivity contribution in [2.24, 2.45) is 5.92 Å². The predicted octanol–water partition coefficient (Wildman–Crippen LogP) is 4.58. The van der Waals surface area contributed by atoms with Crippen molar-refractivity contribution in [2.75, 3.05) is 18.0 Å². The van der Waals surface area contributed by atoms with E-state index < -0.39 is 16.7 Å². The Kier molecular flexibility index (Phi) is 6.31. The standard InChI is InChI=1S/C24H25N3O4/c28-24(22-10-11-23(31-22)27(29)30)25-17-20-6-8-21(9-7-20)26-14-12-19(13-15-26)16-18-4-2-1-3-5-18/h1-11,19H,12-17H2,(H,25,28). The Morgan fingerprint density at radius 1 is 1.00 bits per heavy atom. The van der Waals surface area contributed by atoms with Gasteiger partial charge in [-0.25, -0.2) is 0 Å². The minimum absolute atomic E-state index is 0.0679. The maximum atomic E-state index is 12.1. The fourth-order valence-electron chi connectivity index (χ4n) is 3.98. The summed E-state index contributed by atoms with van der Waals surface area (Å²) in [6, 6.07) is 21.3. The van der Waals surface area contributed by atoms with Crippen LogP contribution in [0.2, 0.25) is 0 Å². The smallest absolute Gasteiger partial charge is 0.395 e. The van der Waals surface area contributed by atoms with Crippen LogP contribution in [-0.4, -0.2) is 23.9 Å². The summed E-state index contributed by atoms with van der Waals surface area (Å²) in [4.78, 5) is 24.5. The number of carbonyl (C=O) groups is 1.